The van der Waals surface area contributed by atoms with Crippen molar-refractivity contribution in [2.45, 2.75) is 46.0 Å². The number of pyridine rings is 1. The number of nitrogens with one attached hydrogen (secondary N) is 1. The maximum atomic E-state index is 6.00. The fourth-order valence-corrected chi connectivity index (χ4v) is 2.93. The van der Waals surface area contributed by atoms with Gasteiger partial charge in [-0.05, 0) is 43.2 Å². The lowest BCUT2D eigenvalue weighted by atomic mass is 9.81. The third kappa shape index (κ3) is 3.37. The van der Waals surface area contributed by atoms with Crippen LogP contribution in [0.1, 0.15) is 44.6 Å². The Hall–Kier alpha value is -1.25. The van der Waals surface area contributed by atoms with E-state index in [4.69, 9.17) is 5.73 Å². The number of nitrogen functional groups attached to an aromatic ring is 1. The van der Waals surface area contributed by atoms with Gasteiger partial charge in [-0.2, -0.15) is 0 Å². The zero-order chi connectivity index (χ0) is 13.0. The van der Waals surface area contributed by atoms with Gasteiger partial charge in [0.25, 0.3) is 0 Å². The largest absolute Gasteiger partial charge is 0.396 e. The molecule has 1 aromatic rings. The SMILES string of the molecule is Cc1ccnc(NCCC2CCCC(C)C2)c1N. The maximum Gasteiger partial charge on any atom is 0.149 e. The molecule has 3 N–H and O–H groups in total. The van der Waals surface area contributed by atoms with Crippen LogP contribution in [-0.2, 0) is 0 Å². The van der Waals surface area contributed by atoms with Gasteiger partial charge in [0, 0.05) is 12.7 Å². The zero-order valence-corrected chi connectivity index (χ0v) is 11.6. The predicted octanol–water partition coefficient (Wildman–Crippen LogP) is 3.60. The highest BCUT2D eigenvalue weighted by Gasteiger charge is 2.18. The van der Waals surface area contributed by atoms with E-state index >= 15 is 0 Å². The molecular weight excluding hydrogens is 222 g/mol. The van der Waals surface area contributed by atoms with E-state index in [1.54, 1.807) is 0 Å². The predicted molar refractivity (Wildman–Crippen MR) is 77.6 cm³/mol. The Morgan fingerprint density at radius 2 is 2.28 bits per heavy atom. The van der Waals surface area contributed by atoms with Crippen LogP contribution in [0.25, 0.3) is 0 Å². The van der Waals surface area contributed by atoms with Crippen LogP contribution in [0.4, 0.5) is 11.5 Å². The second kappa shape index (κ2) is 6.07. The monoisotopic (exact) mass is 247 g/mol. The standard InChI is InChI=1S/C15H25N3/c1-11-4-3-5-13(10-11)7-9-18-15-14(16)12(2)6-8-17-15/h6,8,11,13H,3-5,7,9-10,16H2,1-2H3,(H,17,18). The minimum absolute atomic E-state index is 0.787. The number of rotatable bonds is 4. The Bertz CT molecular complexity index is 389. The molecule has 1 aliphatic rings. The molecule has 0 radical (unpaired) electrons. The van der Waals surface area contributed by atoms with Crippen LogP contribution >= 0.6 is 0 Å². The van der Waals surface area contributed by atoms with Crippen molar-refractivity contribution in [2.24, 2.45) is 11.8 Å². The van der Waals surface area contributed by atoms with Gasteiger partial charge in [-0.1, -0.05) is 26.2 Å². The van der Waals surface area contributed by atoms with Crippen molar-refractivity contribution in [3.05, 3.63) is 17.8 Å². The summed E-state index contributed by atoms with van der Waals surface area (Å²) in [7, 11) is 0. The number of nitrogens with zero attached hydrogens (tertiary/aromatic N) is 1. The van der Waals surface area contributed by atoms with Crippen LogP contribution in [0.3, 0.4) is 0 Å². The van der Waals surface area contributed by atoms with Crippen molar-refractivity contribution in [1.82, 2.24) is 4.98 Å². The molecule has 0 bridgehead atoms. The van der Waals surface area contributed by atoms with Crippen LogP contribution in [0.5, 0.6) is 0 Å². The first-order valence-electron chi connectivity index (χ1n) is 7.11. The summed E-state index contributed by atoms with van der Waals surface area (Å²) < 4.78 is 0. The minimum Gasteiger partial charge on any atom is -0.396 e. The van der Waals surface area contributed by atoms with Crippen molar-refractivity contribution in [1.29, 1.82) is 0 Å². The van der Waals surface area contributed by atoms with Gasteiger partial charge < -0.3 is 11.1 Å². The van der Waals surface area contributed by atoms with Crippen molar-refractivity contribution in [3.63, 3.8) is 0 Å². The molecule has 1 saturated carbocycles. The number of anilines is 2. The summed E-state index contributed by atoms with van der Waals surface area (Å²) in [6.45, 7) is 5.38. The number of hydrogen-bond donors (Lipinski definition) is 2. The molecule has 1 fully saturated rings. The lowest BCUT2D eigenvalue weighted by Gasteiger charge is -2.26. The fourth-order valence-electron chi connectivity index (χ4n) is 2.93. The molecule has 2 atom stereocenters. The number of aromatic nitrogens is 1. The van der Waals surface area contributed by atoms with Crippen molar-refractivity contribution in [2.75, 3.05) is 17.6 Å². The molecule has 0 saturated heterocycles. The average molecular weight is 247 g/mol. The Balaban J connectivity index is 1.79. The van der Waals surface area contributed by atoms with Crippen LogP contribution in [0, 0.1) is 18.8 Å². The molecule has 0 aromatic carbocycles. The van der Waals surface area contributed by atoms with E-state index in [0.717, 1.165) is 35.4 Å². The first-order valence-corrected chi connectivity index (χ1v) is 7.11. The lowest BCUT2D eigenvalue weighted by molar-refractivity contribution is 0.274. The highest BCUT2D eigenvalue weighted by molar-refractivity contribution is 5.64. The van der Waals surface area contributed by atoms with Gasteiger partial charge in [0.15, 0.2) is 0 Å². The van der Waals surface area contributed by atoms with Crippen LogP contribution < -0.4 is 11.1 Å². The second-order valence-electron chi connectivity index (χ2n) is 5.74. The molecule has 1 heterocycles. The van der Waals surface area contributed by atoms with E-state index in [2.05, 4.69) is 17.2 Å². The third-order valence-corrected chi connectivity index (χ3v) is 4.10. The van der Waals surface area contributed by atoms with E-state index in [-0.39, 0.29) is 0 Å². The minimum atomic E-state index is 0.787. The molecule has 0 aliphatic heterocycles. The zero-order valence-electron chi connectivity index (χ0n) is 11.6. The van der Waals surface area contributed by atoms with Crippen molar-refractivity contribution >= 4 is 11.5 Å². The van der Waals surface area contributed by atoms with Gasteiger partial charge in [-0.25, -0.2) is 4.98 Å². The van der Waals surface area contributed by atoms with Gasteiger partial charge in [0.1, 0.15) is 5.82 Å². The third-order valence-electron chi connectivity index (χ3n) is 4.10. The van der Waals surface area contributed by atoms with E-state index in [1.165, 1.54) is 32.1 Å². The number of aryl methyl sites for hydroxylation is 1. The summed E-state index contributed by atoms with van der Waals surface area (Å²) in [5, 5.41) is 3.38. The number of nitrogens with two attached hydrogens (primary N) is 1. The van der Waals surface area contributed by atoms with Gasteiger partial charge in [0.05, 0.1) is 5.69 Å². The van der Waals surface area contributed by atoms with Crippen molar-refractivity contribution < 1.29 is 0 Å². The highest BCUT2D eigenvalue weighted by atomic mass is 15.0. The quantitative estimate of drug-likeness (QED) is 0.854. The topological polar surface area (TPSA) is 50.9 Å². The van der Waals surface area contributed by atoms with Gasteiger partial charge in [-0.15, -0.1) is 0 Å². The molecule has 3 nitrogen and oxygen atoms in total. The fraction of sp³-hybridized carbons (Fsp3) is 0.667. The average Bonchev–Trinajstić information content (AvgIpc) is 2.35. The summed E-state index contributed by atoms with van der Waals surface area (Å²) in [4.78, 5) is 4.30. The molecular formula is C15H25N3. The molecule has 3 heteroatoms. The van der Waals surface area contributed by atoms with E-state index in [9.17, 15) is 0 Å². The van der Waals surface area contributed by atoms with E-state index in [1.807, 2.05) is 19.2 Å². The van der Waals surface area contributed by atoms with Gasteiger partial charge in [-0.3, -0.25) is 0 Å². The Kier molecular flexibility index (Phi) is 4.45. The van der Waals surface area contributed by atoms with Gasteiger partial charge >= 0.3 is 0 Å². The summed E-state index contributed by atoms with van der Waals surface area (Å²) in [6, 6.07) is 1.95. The molecule has 1 aromatic heterocycles. The molecule has 2 unspecified atom stereocenters. The Morgan fingerprint density at radius 3 is 3.06 bits per heavy atom. The second-order valence-corrected chi connectivity index (χ2v) is 5.74. The first kappa shape index (κ1) is 13.2. The van der Waals surface area contributed by atoms with Crippen molar-refractivity contribution in [3.8, 4) is 0 Å². The smallest absolute Gasteiger partial charge is 0.149 e. The molecule has 18 heavy (non-hydrogen) atoms. The van der Waals surface area contributed by atoms with E-state index in [0.29, 0.717) is 0 Å². The van der Waals surface area contributed by atoms with E-state index < -0.39 is 0 Å². The summed E-state index contributed by atoms with van der Waals surface area (Å²) in [5.41, 5.74) is 7.88. The van der Waals surface area contributed by atoms with Crippen LogP contribution in [-0.4, -0.2) is 11.5 Å². The van der Waals surface area contributed by atoms with Gasteiger partial charge in [0.2, 0.25) is 0 Å². The molecule has 100 valence electrons. The molecule has 0 spiro atoms. The summed E-state index contributed by atoms with van der Waals surface area (Å²) in [6.07, 6.45) is 8.64. The maximum absolute atomic E-state index is 6.00. The normalized spacial score (nSPS) is 23.9. The first-order chi connectivity index (χ1) is 8.66. The molecule has 1 aliphatic carbocycles. The molecule has 2 rings (SSSR count). The summed E-state index contributed by atoms with van der Waals surface area (Å²) in [5.74, 6) is 2.64. The molecule has 0 amide bonds. The Morgan fingerprint density at radius 1 is 1.44 bits per heavy atom. The highest BCUT2D eigenvalue weighted by Crippen LogP contribution is 2.30. The number of hydrogen-bond acceptors (Lipinski definition) is 3. The lowest BCUT2D eigenvalue weighted by Crippen LogP contribution is -2.17. The summed E-state index contributed by atoms with van der Waals surface area (Å²) >= 11 is 0. The Labute approximate surface area is 110 Å². The van der Waals surface area contributed by atoms with Crippen LogP contribution in [0.15, 0.2) is 12.3 Å². The van der Waals surface area contributed by atoms with Crippen LogP contribution in [0.2, 0.25) is 0 Å².